The molecule has 3 rings (SSSR count). The third-order valence-corrected chi connectivity index (χ3v) is 4.15. The van der Waals surface area contributed by atoms with Gasteiger partial charge in [0.15, 0.2) is 0 Å². The number of hydrogen-bond acceptors (Lipinski definition) is 4. The number of oxazole rings is 1. The predicted octanol–water partition coefficient (Wildman–Crippen LogP) is 1.67. The van der Waals surface area contributed by atoms with Crippen molar-refractivity contribution in [3.8, 4) is 0 Å². The Kier molecular flexibility index (Phi) is 3.74. The lowest BCUT2D eigenvalue weighted by Crippen LogP contribution is -2.33. The molecule has 1 aliphatic heterocycles. The molecular formula is C14H20FN3O2. The Morgan fingerprint density at radius 3 is 3.10 bits per heavy atom. The second-order valence-electron chi connectivity index (χ2n) is 5.59. The molecule has 2 heterocycles. The molecule has 20 heavy (non-hydrogen) atoms. The van der Waals surface area contributed by atoms with E-state index in [9.17, 15) is 9.18 Å². The van der Waals surface area contributed by atoms with Crippen molar-refractivity contribution in [2.75, 3.05) is 13.1 Å². The summed E-state index contributed by atoms with van der Waals surface area (Å²) in [6.07, 6.45) is 1.61. The predicted molar refractivity (Wildman–Crippen MR) is 71.2 cm³/mol. The smallest absolute Gasteiger partial charge is 0.307 e. The molecule has 1 fully saturated rings. The average molecular weight is 281 g/mol. The first kappa shape index (κ1) is 13.5. The normalized spacial score (nSPS) is 26.5. The van der Waals surface area contributed by atoms with Gasteiger partial charge in [0.1, 0.15) is 11.9 Å². The molecule has 2 atom stereocenters. The van der Waals surface area contributed by atoms with Crippen molar-refractivity contribution in [1.29, 1.82) is 0 Å². The molecule has 1 aromatic rings. The van der Waals surface area contributed by atoms with E-state index in [1.54, 1.807) is 0 Å². The Hall–Kier alpha value is -1.43. The molecule has 1 aromatic heterocycles. The maximum Gasteiger partial charge on any atom is 0.307 e. The summed E-state index contributed by atoms with van der Waals surface area (Å²) in [7, 11) is 0. The summed E-state index contributed by atoms with van der Waals surface area (Å²) >= 11 is 0. The number of amides is 1. The van der Waals surface area contributed by atoms with Gasteiger partial charge in [0.05, 0.1) is 5.69 Å². The second-order valence-corrected chi connectivity index (χ2v) is 5.59. The van der Waals surface area contributed by atoms with Crippen LogP contribution in [0, 0.1) is 0 Å². The Balaban J connectivity index is 1.66. The van der Waals surface area contributed by atoms with Crippen molar-refractivity contribution >= 4 is 5.91 Å². The molecule has 6 heteroatoms. The molecule has 0 radical (unpaired) electrons. The van der Waals surface area contributed by atoms with E-state index in [-0.39, 0.29) is 17.8 Å². The largest absolute Gasteiger partial charge is 0.437 e. The molecule has 1 N–H and O–H groups in total. The highest BCUT2D eigenvalue weighted by Gasteiger charge is 2.29. The van der Waals surface area contributed by atoms with Gasteiger partial charge < -0.3 is 9.73 Å². The summed E-state index contributed by atoms with van der Waals surface area (Å²) in [6, 6.07) is -0.0893. The van der Waals surface area contributed by atoms with Crippen molar-refractivity contribution in [2.45, 2.75) is 51.4 Å². The standard InChI is InChI=1S/C14H20FN3O2/c1-2-18-6-5-12-11(8-18)17-14(20-12)13(19)16-10-4-3-9(15)7-10/h9-10H,2-8H2,1H3,(H,16,19)/t9-,10-/m1/s1. The number of carbonyl (C=O) groups is 1. The van der Waals surface area contributed by atoms with Crippen LogP contribution in [0.2, 0.25) is 0 Å². The van der Waals surface area contributed by atoms with Crippen molar-refractivity contribution in [1.82, 2.24) is 15.2 Å². The number of rotatable bonds is 3. The van der Waals surface area contributed by atoms with Crippen LogP contribution < -0.4 is 5.32 Å². The fourth-order valence-electron chi connectivity index (χ4n) is 2.92. The van der Waals surface area contributed by atoms with Gasteiger partial charge in [-0.05, 0) is 25.8 Å². The minimum Gasteiger partial charge on any atom is -0.437 e. The minimum atomic E-state index is -0.795. The number of aromatic nitrogens is 1. The number of alkyl halides is 1. The summed E-state index contributed by atoms with van der Waals surface area (Å²) in [5.74, 6) is 0.617. The zero-order chi connectivity index (χ0) is 14.1. The molecular weight excluding hydrogens is 261 g/mol. The van der Waals surface area contributed by atoms with Crippen LogP contribution in [-0.2, 0) is 13.0 Å². The van der Waals surface area contributed by atoms with Crippen LogP contribution >= 0.6 is 0 Å². The zero-order valence-electron chi connectivity index (χ0n) is 11.7. The van der Waals surface area contributed by atoms with Gasteiger partial charge in [-0.2, -0.15) is 0 Å². The van der Waals surface area contributed by atoms with Crippen LogP contribution in [0.3, 0.4) is 0 Å². The number of fused-ring (bicyclic) bond motifs is 1. The molecule has 5 nitrogen and oxygen atoms in total. The first-order valence-corrected chi connectivity index (χ1v) is 7.31. The molecule has 0 aromatic carbocycles. The van der Waals surface area contributed by atoms with Gasteiger partial charge in [0.2, 0.25) is 0 Å². The van der Waals surface area contributed by atoms with E-state index in [2.05, 4.69) is 22.1 Å². The number of carbonyl (C=O) groups excluding carboxylic acids is 1. The lowest BCUT2D eigenvalue weighted by Gasteiger charge is -2.22. The summed E-state index contributed by atoms with van der Waals surface area (Å²) in [5, 5.41) is 2.81. The quantitative estimate of drug-likeness (QED) is 0.915. The van der Waals surface area contributed by atoms with E-state index in [1.165, 1.54) is 0 Å². The van der Waals surface area contributed by atoms with Gasteiger partial charge in [-0.25, -0.2) is 9.37 Å². The van der Waals surface area contributed by atoms with E-state index in [0.29, 0.717) is 19.3 Å². The zero-order valence-corrected chi connectivity index (χ0v) is 11.7. The molecule has 2 aliphatic rings. The molecule has 1 saturated carbocycles. The highest BCUT2D eigenvalue weighted by atomic mass is 19.1. The van der Waals surface area contributed by atoms with Crippen molar-refractivity contribution in [3.05, 3.63) is 17.3 Å². The summed E-state index contributed by atoms with van der Waals surface area (Å²) in [5.41, 5.74) is 0.859. The topological polar surface area (TPSA) is 58.4 Å². The van der Waals surface area contributed by atoms with Crippen LogP contribution in [0.5, 0.6) is 0 Å². The third-order valence-electron chi connectivity index (χ3n) is 4.15. The molecule has 0 spiro atoms. The summed E-state index contributed by atoms with van der Waals surface area (Å²) < 4.78 is 18.7. The number of nitrogens with one attached hydrogen (secondary N) is 1. The van der Waals surface area contributed by atoms with Gasteiger partial charge >= 0.3 is 5.91 Å². The summed E-state index contributed by atoms with van der Waals surface area (Å²) in [6.45, 7) is 4.74. The van der Waals surface area contributed by atoms with Crippen molar-refractivity contribution in [3.63, 3.8) is 0 Å². The monoisotopic (exact) mass is 281 g/mol. The molecule has 1 amide bonds. The van der Waals surface area contributed by atoms with Crippen LogP contribution in [0.4, 0.5) is 4.39 Å². The summed E-state index contributed by atoms with van der Waals surface area (Å²) in [4.78, 5) is 18.6. The van der Waals surface area contributed by atoms with Gasteiger partial charge in [0, 0.05) is 25.6 Å². The van der Waals surface area contributed by atoms with Crippen molar-refractivity contribution < 1.29 is 13.6 Å². The molecule has 0 bridgehead atoms. The Morgan fingerprint density at radius 1 is 1.55 bits per heavy atom. The number of halogens is 1. The fraction of sp³-hybridized carbons (Fsp3) is 0.714. The number of hydrogen-bond donors (Lipinski definition) is 1. The molecule has 0 saturated heterocycles. The van der Waals surface area contributed by atoms with E-state index >= 15 is 0 Å². The number of nitrogens with zero attached hydrogens (tertiary/aromatic N) is 2. The lowest BCUT2D eigenvalue weighted by molar-refractivity contribution is 0.0899. The second kappa shape index (κ2) is 5.52. The van der Waals surface area contributed by atoms with Crippen LogP contribution in [-0.4, -0.2) is 41.1 Å². The van der Waals surface area contributed by atoms with E-state index in [4.69, 9.17) is 4.42 Å². The molecule has 110 valence electrons. The number of likely N-dealkylation sites (N-methyl/N-ethyl adjacent to an activating group) is 1. The van der Waals surface area contributed by atoms with Gasteiger partial charge in [0.25, 0.3) is 5.89 Å². The molecule has 1 aliphatic carbocycles. The first-order chi connectivity index (χ1) is 9.65. The maximum absolute atomic E-state index is 13.1. The van der Waals surface area contributed by atoms with Gasteiger partial charge in [-0.1, -0.05) is 6.92 Å². The first-order valence-electron chi connectivity index (χ1n) is 7.31. The Morgan fingerprint density at radius 2 is 2.40 bits per heavy atom. The van der Waals surface area contributed by atoms with Crippen LogP contribution in [0.15, 0.2) is 4.42 Å². The highest BCUT2D eigenvalue weighted by molar-refractivity contribution is 5.89. The Labute approximate surface area is 117 Å². The van der Waals surface area contributed by atoms with Crippen LogP contribution in [0.1, 0.15) is 48.3 Å². The fourth-order valence-corrected chi connectivity index (χ4v) is 2.92. The Bertz CT molecular complexity index is 503. The maximum atomic E-state index is 13.1. The van der Waals surface area contributed by atoms with E-state index < -0.39 is 6.17 Å². The van der Waals surface area contributed by atoms with Crippen molar-refractivity contribution in [2.24, 2.45) is 0 Å². The average Bonchev–Trinajstić information content (AvgIpc) is 3.03. The lowest BCUT2D eigenvalue weighted by atomic mass is 10.2. The minimum absolute atomic E-state index is 0.0893. The molecule has 0 unspecified atom stereocenters. The van der Waals surface area contributed by atoms with Gasteiger partial charge in [-0.15, -0.1) is 0 Å². The van der Waals surface area contributed by atoms with E-state index in [0.717, 1.165) is 37.5 Å². The SMILES string of the molecule is CCN1CCc2oc(C(=O)N[C@@H]3CC[C@@H](F)C3)nc2C1. The van der Waals surface area contributed by atoms with Gasteiger partial charge in [-0.3, -0.25) is 9.69 Å². The van der Waals surface area contributed by atoms with Crippen LogP contribution in [0.25, 0.3) is 0 Å². The highest BCUT2D eigenvalue weighted by Crippen LogP contribution is 2.23. The third kappa shape index (κ3) is 2.70. The van der Waals surface area contributed by atoms with E-state index in [1.807, 2.05) is 0 Å².